The molecule has 0 amide bonds. The smallest absolute Gasteiger partial charge is 0.128 e. The molecule has 0 bridgehead atoms. The molecule has 1 fully saturated rings. The summed E-state index contributed by atoms with van der Waals surface area (Å²) in [6, 6.07) is 16.9. The number of ether oxygens (including phenoxy) is 1. The third-order valence-electron chi connectivity index (χ3n) is 4.84. The van der Waals surface area contributed by atoms with Crippen molar-refractivity contribution in [2.75, 3.05) is 13.6 Å². The largest absolute Gasteiger partial charge is 0.457 e. The topological polar surface area (TPSA) is 28.3 Å². The van der Waals surface area contributed by atoms with Gasteiger partial charge in [0.25, 0.3) is 0 Å². The molecule has 1 unspecified atom stereocenters. The lowest BCUT2D eigenvalue weighted by atomic mass is 10.0. The Morgan fingerprint density at radius 2 is 2.00 bits per heavy atom. The minimum absolute atomic E-state index is 0.660. The van der Waals surface area contributed by atoms with Gasteiger partial charge < -0.3 is 14.6 Å². The minimum Gasteiger partial charge on any atom is -0.457 e. The minimum atomic E-state index is 0.660. The summed E-state index contributed by atoms with van der Waals surface area (Å²) in [4.78, 5) is 5.87. The van der Waals surface area contributed by atoms with Crippen molar-refractivity contribution < 1.29 is 4.74 Å². The number of likely N-dealkylation sites (tertiary alicyclic amines) is 1. The Labute approximate surface area is 136 Å². The van der Waals surface area contributed by atoms with Crippen molar-refractivity contribution in [2.45, 2.75) is 25.3 Å². The molecular weight excluding hydrogens is 284 g/mol. The second kappa shape index (κ2) is 6.09. The van der Waals surface area contributed by atoms with Crippen molar-refractivity contribution in [2.24, 2.45) is 0 Å². The highest BCUT2D eigenvalue weighted by atomic mass is 16.5. The molecular formula is C20H22N2O. The molecule has 1 N–H and O–H groups in total. The number of nitrogens with one attached hydrogen (secondary N) is 1. The fourth-order valence-corrected chi connectivity index (χ4v) is 3.51. The molecule has 0 saturated carbocycles. The summed E-state index contributed by atoms with van der Waals surface area (Å²) in [5.74, 6) is 1.77. The van der Waals surface area contributed by atoms with Gasteiger partial charge in [-0.1, -0.05) is 18.2 Å². The van der Waals surface area contributed by atoms with Gasteiger partial charge in [0.15, 0.2) is 0 Å². The van der Waals surface area contributed by atoms with Gasteiger partial charge in [0, 0.05) is 23.1 Å². The molecule has 4 rings (SSSR count). The van der Waals surface area contributed by atoms with E-state index in [2.05, 4.69) is 35.3 Å². The normalized spacial score (nSPS) is 18.6. The molecule has 23 heavy (non-hydrogen) atoms. The number of para-hydroxylation sites is 1. The van der Waals surface area contributed by atoms with Gasteiger partial charge in [-0.3, -0.25) is 0 Å². The highest BCUT2D eigenvalue weighted by Gasteiger charge is 2.22. The van der Waals surface area contributed by atoms with Crippen LogP contribution < -0.4 is 4.74 Å². The molecule has 3 nitrogen and oxygen atoms in total. The van der Waals surface area contributed by atoms with Crippen LogP contribution in [0.4, 0.5) is 0 Å². The van der Waals surface area contributed by atoms with Crippen LogP contribution in [0.15, 0.2) is 54.7 Å². The zero-order valence-electron chi connectivity index (χ0n) is 13.5. The number of likely N-dealkylation sites (N-methyl/N-ethyl adjacent to an activating group) is 1. The molecule has 1 saturated heterocycles. The molecule has 1 atom stereocenters. The Hall–Kier alpha value is -2.26. The van der Waals surface area contributed by atoms with Crippen molar-refractivity contribution in [1.29, 1.82) is 0 Å². The van der Waals surface area contributed by atoms with E-state index in [1.165, 1.54) is 35.9 Å². The first kappa shape index (κ1) is 14.3. The first-order valence-electron chi connectivity index (χ1n) is 8.33. The second-order valence-electron chi connectivity index (χ2n) is 6.42. The van der Waals surface area contributed by atoms with Gasteiger partial charge in [0.1, 0.15) is 11.5 Å². The van der Waals surface area contributed by atoms with Crippen molar-refractivity contribution >= 4 is 10.9 Å². The zero-order valence-corrected chi connectivity index (χ0v) is 13.5. The van der Waals surface area contributed by atoms with E-state index in [0.29, 0.717) is 6.04 Å². The Morgan fingerprint density at radius 1 is 1.13 bits per heavy atom. The van der Waals surface area contributed by atoms with Gasteiger partial charge in [-0.25, -0.2) is 0 Å². The molecule has 0 radical (unpaired) electrons. The third-order valence-corrected chi connectivity index (χ3v) is 4.84. The van der Waals surface area contributed by atoms with E-state index >= 15 is 0 Å². The summed E-state index contributed by atoms with van der Waals surface area (Å²) in [6.07, 6.45) is 5.86. The highest BCUT2D eigenvalue weighted by molar-refractivity contribution is 5.84. The quantitative estimate of drug-likeness (QED) is 0.763. The number of aromatic nitrogens is 1. The Kier molecular flexibility index (Phi) is 3.80. The molecule has 2 heterocycles. The second-order valence-corrected chi connectivity index (χ2v) is 6.42. The monoisotopic (exact) mass is 306 g/mol. The average Bonchev–Trinajstić information content (AvgIpc) is 3.16. The number of benzene rings is 2. The maximum Gasteiger partial charge on any atom is 0.128 e. The summed E-state index contributed by atoms with van der Waals surface area (Å²) < 4.78 is 5.98. The number of hydrogen-bond donors (Lipinski definition) is 1. The molecule has 1 aliphatic heterocycles. The maximum absolute atomic E-state index is 5.98. The first-order chi connectivity index (χ1) is 11.3. The molecule has 3 heteroatoms. The van der Waals surface area contributed by atoms with Crippen molar-refractivity contribution in [1.82, 2.24) is 9.88 Å². The summed E-state index contributed by atoms with van der Waals surface area (Å²) >= 11 is 0. The van der Waals surface area contributed by atoms with Crippen LogP contribution >= 0.6 is 0 Å². The molecule has 0 spiro atoms. The summed E-state index contributed by atoms with van der Waals surface area (Å²) in [5.41, 5.74) is 2.57. The lowest BCUT2D eigenvalue weighted by Gasteiger charge is -2.18. The van der Waals surface area contributed by atoms with Crippen LogP contribution in [0.2, 0.25) is 0 Å². The number of fused-ring (bicyclic) bond motifs is 1. The standard InChI is InChI=1S/C20H22N2O/c1-22-11-5-6-16(22)12-15-14-21-20-10-9-18(13-19(15)20)23-17-7-3-2-4-8-17/h2-4,7-10,13-14,16,21H,5-6,11-12H2,1H3. The molecule has 118 valence electrons. The zero-order chi connectivity index (χ0) is 15.6. The molecule has 3 aromatic rings. The first-order valence-corrected chi connectivity index (χ1v) is 8.33. The predicted molar refractivity (Wildman–Crippen MR) is 94.2 cm³/mol. The fraction of sp³-hybridized carbons (Fsp3) is 0.300. The average molecular weight is 306 g/mol. The Balaban J connectivity index is 1.61. The molecule has 0 aliphatic carbocycles. The lowest BCUT2D eigenvalue weighted by Crippen LogP contribution is -2.26. The van der Waals surface area contributed by atoms with Crippen LogP contribution in [-0.2, 0) is 6.42 Å². The van der Waals surface area contributed by atoms with Crippen LogP contribution in [0.5, 0.6) is 11.5 Å². The van der Waals surface area contributed by atoms with Crippen LogP contribution in [0, 0.1) is 0 Å². The predicted octanol–water partition coefficient (Wildman–Crippen LogP) is 4.60. The Bertz CT molecular complexity index is 794. The van der Waals surface area contributed by atoms with Gasteiger partial charge in [0.05, 0.1) is 0 Å². The van der Waals surface area contributed by atoms with Gasteiger partial charge in [-0.05, 0) is 68.8 Å². The lowest BCUT2D eigenvalue weighted by molar-refractivity contribution is 0.310. The summed E-state index contributed by atoms with van der Waals surface area (Å²) in [6.45, 7) is 1.22. The summed E-state index contributed by atoms with van der Waals surface area (Å²) in [7, 11) is 2.23. The van der Waals surface area contributed by atoms with E-state index in [1.807, 2.05) is 36.4 Å². The van der Waals surface area contributed by atoms with Gasteiger partial charge in [-0.2, -0.15) is 0 Å². The summed E-state index contributed by atoms with van der Waals surface area (Å²) in [5, 5.41) is 1.28. The van der Waals surface area contributed by atoms with Crippen molar-refractivity contribution in [3.63, 3.8) is 0 Å². The van der Waals surface area contributed by atoms with E-state index in [9.17, 15) is 0 Å². The Morgan fingerprint density at radius 3 is 2.78 bits per heavy atom. The SMILES string of the molecule is CN1CCCC1Cc1c[nH]c2ccc(Oc3ccccc3)cc12. The van der Waals surface area contributed by atoms with Gasteiger partial charge in [0.2, 0.25) is 0 Å². The van der Waals surface area contributed by atoms with Crippen LogP contribution in [0.1, 0.15) is 18.4 Å². The number of rotatable bonds is 4. The number of H-pyrrole nitrogens is 1. The van der Waals surface area contributed by atoms with Crippen molar-refractivity contribution in [3.05, 3.63) is 60.3 Å². The number of nitrogens with zero attached hydrogens (tertiary/aromatic N) is 1. The van der Waals surface area contributed by atoms with E-state index in [1.54, 1.807) is 0 Å². The molecule has 1 aliphatic rings. The van der Waals surface area contributed by atoms with E-state index < -0.39 is 0 Å². The molecule has 2 aromatic carbocycles. The number of aromatic amines is 1. The van der Waals surface area contributed by atoms with Crippen LogP contribution in [0.3, 0.4) is 0 Å². The third kappa shape index (κ3) is 2.97. The van der Waals surface area contributed by atoms with Crippen molar-refractivity contribution in [3.8, 4) is 11.5 Å². The fourth-order valence-electron chi connectivity index (χ4n) is 3.51. The van der Waals surface area contributed by atoms with E-state index in [4.69, 9.17) is 4.74 Å². The van der Waals surface area contributed by atoms with Gasteiger partial charge >= 0.3 is 0 Å². The van der Waals surface area contributed by atoms with Crippen LogP contribution in [0.25, 0.3) is 10.9 Å². The number of hydrogen-bond acceptors (Lipinski definition) is 2. The van der Waals surface area contributed by atoms with E-state index in [0.717, 1.165) is 17.9 Å². The highest BCUT2D eigenvalue weighted by Crippen LogP contribution is 2.29. The molecule has 1 aromatic heterocycles. The van der Waals surface area contributed by atoms with E-state index in [-0.39, 0.29) is 0 Å². The van der Waals surface area contributed by atoms with Crippen LogP contribution in [-0.4, -0.2) is 29.5 Å². The van der Waals surface area contributed by atoms with Gasteiger partial charge in [-0.15, -0.1) is 0 Å². The maximum atomic E-state index is 5.98.